The fourth-order valence-electron chi connectivity index (χ4n) is 1.97. The van der Waals surface area contributed by atoms with Crippen LogP contribution in [0.4, 0.5) is 0 Å². The van der Waals surface area contributed by atoms with Crippen LogP contribution in [0.25, 0.3) is 0 Å². The van der Waals surface area contributed by atoms with E-state index in [1.54, 1.807) is 6.07 Å². The van der Waals surface area contributed by atoms with Crippen LogP contribution in [0.3, 0.4) is 0 Å². The second-order valence-corrected chi connectivity index (χ2v) is 5.99. The lowest BCUT2D eigenvalue weighted by molar-refractivity contribution is -0.136. The Bertz CT molecular complexity index is 567. The van der Waals surface area contributed by atoms with E-state index in [0.717, 1.165) is 0 Å². The molecule has 8 heteroatoms. The summed E-state index contributed by atoms with van der Waals surface area (Å²) in [6.45, 7) is 0. The van der Waals surface area contributed by atoms with Crippen LogP contribution in [-0.2, 0) is 21.9 Å². The second-order valence-electron chi connectivity index (χ2n) is 4.34. The van der Waals surface area contributed by atoms with Gasteiger partial charge < -0.3 is 25.0 Å². The average molecular weight is 287 g/mol. The summed E-state index contributed by atoms with van der Waals surface area (Å²) >= 11 is 0. The van der Waals surface area contributed by atoms with Crippen LogP contribution < -0.4 is 15.2 Å². The molecule has 4 N–H and O–H groups in total. The third-order valence-electron chi connectivity index (χ3n) is 2.75. The first-order chi connectivity index (χ1) is 8.80. The van der Waals surface area contributed by atoms with Crippen molar-refractivity contribution in [2.75, 3.05) is 7.11 Å². The lowest BCUT2D eigenvalue weighted by Crippen LogP contribution is -2.39. The highest BCUT2D eigenvalue weighted by atomic mass is 31.2. The second kappa shape index (κ2) is 4.94. The van der Waals surface area contributed by atoms with E-state index in [0.29, 0.717) is 11.1 Å². The number of benzene rings is 1. The minimum absolute atomic E-state index is 0.250. The van der Waals surface area contributed by atoms with Gasteiger partial charge in [0.2, 0.25) is 0 Å². The quantitative estimate of drug-likeness (QED) is 0.411. The minimum atomic E-state index is -4.18. The Balaban J connectivity index is 2.44. The number of esters is 1. The van der Waals surface area contributed by atoms with Crippen molar-refractivity contribution < 1.29 is 28.6 Å². The number of ether oxygens (including phenoxy) is 2. The van der Waals surface area contributed by atoms with Crippen molar-refractivity contribution in [3.05, 3.63) is 23.3 Å². The molecule has 0 fully saturated rings. The van der Waals surface area contributed by atoms with E-state index in [2.05, 4.69) is 0 Å². The maximum absolute atomic E-state index is 11.4. The SMILES string of the molecule is COc1cc(CP(=O)(O)O)cc2c1OC(=O)C(N)C2. The summed E-state index contributed by atoms with van der Waals surface area (Å²) in [5.74, 6) is -0.0154. The monoisotopic (exact) mass is 287 g/mol. The van der Waals surface area contributed by atoms with Crippen LogP contribution in [0.1, 0.15) is 11.1 Å². The zero-order valence-electron chi connectivity index (χ0n) is 10.2. The highest BCUT2D eigenvalue weighted by molar-refractivity contribution is 7.50. The number of hydrogen-bond donors (Lipinski definition) is 3. The van der Waals surface area contributed by atoms with Gasteiger partial charge in [0.15, 0.2) is 11.5 Å². The van der Waals surface area contributed by atoms with Crippen LogP contribution in [0.5, 0.6) is 11.5 Å². The molecule has 0 aliphatic carbocycles. The Hall–Kier alpha value is -1.40. The van der Waals surface area contributed by atoms with Crippen molar-refractivity contribution >= 4 is 13.6 Å². The molecule has 7 nitrogen and oxygen atoms in total. The standard InChI is InChI=1S/C11H14NO6P/c1-17-9-3-6(5-19(14,15)16)2-7-4-8(12)11(13)18-10(7)9/h2-3,8H,4-5,12H2,1H3,(H2,14,15,16). The summed E-state index contributed by atoms with van der Waals surface area (Å²) in [7, 11) is -2.79. The van der Waals surface area contributed by atoms with Crippen molar-refractivity contribution in [1.29, 1.82) is 0 Å². The highest BCUT2D eigenvalue weighted by Crippen LogP contribution is 2.43. The largest absolute Gasteiger partial charge is 0.493 e. The molecule has 1 heterocycles. The fourth-order valence-corrected chi connectivity index (χ4v) is 2.63. The fraction of sp³-hybridized carbons (Fsp3) is 0.364. The zero-order valence-corrected chi connectivity index (χ0v) is 11.1. The zero-order chi connectivity index (χ0) is 14.2. The molecule has 0 radical (unpaired) electrons. The van der Waals surface area contributed by atoms with Crippen molar-refractivity contribution in [3.63, 3.8) is 0 Å². The summed E-state index contributed by atoms with van der Waals surface area (Å²) < 4.78 is 21.2. The molecule has 1 unspecified atom stereocenters. The molecule has 1 aromatic rings. The van der Waals surface area contributed by atoms with Gasteiger partial charge in [0.05, 0.1) is 13.3 Å². The van der Waals surface area contributed by atoms with Crippen molar-refractivity contribution in [2.24, 2.45) is 5.73 Å². The maximum Gasteiger partial charge on any atom is 0.329 e. The van der Waals surface area contributed by atoms with Crippen LogP contribution in [0.2, 0.25) is 0 Å². The van der Waals surface area contributed by atoms with Gasteiger partial charge in [0, 0.05) is 12.0 Å². The molecule has 0 amide bonds. The Labute approximate surface area is 109 Å². The van der Waals surface area contributed by atoms with E-state index in [1.807, 2.05) is 0 Å². The van der Waals surface area contributed by atoms with Gasteiger partial charge in [0.25, 0.3) is 0 Å². The number of carbonyl (C=O) groups is 1. The summed E-state index contributed by atoms with van der Waals surface area (Å²) in [5.41, 5.74) is 6.61. The van der Waals surface area contributed by atoms with Gasteiger partial charge in [-0.15, -0.1) is 0 Å². The topological polar surface area (TPSA) is 119 Å². The van der Waals surface area contributed by atoms with Gasteiger partial charge in [-0.3, -0.25) is 4.57 Å². The van der Waals surface area contributed by atoms with Crippen LogP contribution in [0.15, 0.2) is 12.1 Å². The molecule has 0 saturated heterocycles. The number of rotatable bonds is 3. The van der Waals surface area contributed by atoms with Crippen molar-refractivity contribution in [1.82, 2.24) is 0 Å². The summed E-state index contributed by atoms with van der Waals surface area (Å²) in [6.07, 6.45) is -0.153. The number of carbonyl (C=O) groups excluding carboxylic acids is 1. The van der Waals surface area contributed by atoms with E-state index >= 15 is 0 Å². The van der Waals surface area contributed by atoms with E-state index in [-0.39, 0.29) is 17.9 Å². The minimum Gasteiger partial charge on any atom is -0.493 e. The van der Waals surface area contributed by atoms with Crippen LogP contribution in [-0.4, -0.2) is 28.9 Å². The maximum atomic E-state index is 11.4. The predicted molar refractivity (Wildman–Crippen MR) is 66.1 cm³/mol. The first kappa shape index (κ1) is 14.0. The number of hydrogen-bond acceptors (Lipinski definition) is 5. The predicted octanol–water partition coefficient (Wildman–Crippen LogP) is 0.162. The van der Waals surface area contributed by atoms with Gasteiger partial charge >= 0.3 is 13.6 Å². The molecule has 1 aliphatic heterocycles. The number of nitrogens with two attached hydrogens (primary N) is 1. The first-order valence-electron chi connectivity index (χ1n) is 5.52. The Morgan fingerprint density at radius 2 is 2.21 bits per heavy atom. The van der Waals surface area contributed by atoms with Gasteiger partial charge in [-0.1, -0.05) is 6.07 Å². The number of fused-ring (bicyclic) bond motifs is 1. The molecular weight excluding hydrogens is 273 g/mol. The molecule has 1 atom stereocenters. The molecule has 0 bridgehead atoms. The third kappa shape index (κ3) is 3.13. The summed E-state index contributed by atoms with van der Waals surface area (Å²) in [5, 5.41) is 0. The third-order valence-corrected chi connectivity index (χ3v) is 3.52. The Morgan fingerprint density at radius 1 is 1.53 bits per heavy atom. The Kier molecular flexibility index (Phi) is 3.64. The van der Waals surface area contributed by atoms with Gasteiger partial charge in [-0.2, -0.15) is 0 Å². The molecule has 2 rings (SSSR count). The van der Waals surface area contributed by atoms with Crippen LogP contribution >= 0.6 is 7.60 Å². The molecule has 19 heavy (non-hydrogen) atoms. The van der Waals surface area contributed by atoms with Gasteiger partial charge in [-0.05, 0) is 11.6 Å². The van der Waals surface area contributed by atoms with E-state index in [4.69, 9.17) is 25.0 Å². The first-order valence-corrected chi connectivity index (χ1v) is 7.31. The Morgan fingerprint density at radius 3 is 2.79 bits per heavy atom. The summed E-state index contributed by atoms with van der Waals surface area (Å²) in [4.78, 5) is 29.4. The van der Waals surface area contributed by atoms with Crippen molar-refractivity contribution in [2.45, 2.75) is 18.6 Å². The molecule has 0 saturated carbocycles. The number of methoxy groups -OCH3 is 1. The highest BCUT2D eigenvalue weighted by Gasteiger charge is 2.29. The molecule has 0 spiro atoms. The lowest BCUT2D eigenvalue weighted by atomic mass is 10.00. The van der Waals surface area contributed by atoms with Crippen LogP contribution in [0, 0.1) is 0 Å². The molecule has 1 aromatic carbocycles. The van der Waals surface area contributed by atoms with E-state index in [9.17, 15) is 9.36 Å². The average Bonchev–Trinajstić information content (AvgIpc) is 2.28. The molecular formula is C11H14NO6P. The summed E-state index contributed by atoms with van der Waals surface area (Å²) in [6, 6.07) is 2.24. The molecule has 0 aromatic heterocycles. The van der Waals surface area contributed by atoms with Gasteiger partial charge in [-0.25, -0.2) is 4.79 Å². The van der Waals surface area contributed by atoms with E-state index < -0.39 is 25.8 Å². The van der Waals surface area contributed by atoms with Crippen molar-refractivity contribution in [3.8, 4) is 11.5 Å². The lowest BCUT2D eigenvalue weighted by Gasteiger charge is -2.23. The normalized spacial score (nSPS) is 18.7. The smallest absolute Gasteiger partial charge is 0.329 e. The van der Waals surface area contributed by atoms with E-state index in [1.165, 1.54) is 13.2 Å². The molecule has 1 aliphatic rings. The van der Waals surface area contributed by atoms with Gasteiger partial charge in [0.1, 0.15) is 6.04 Å². The molecule has 104 valence electrons.